The second-order valence-electron chi connectivity index (χ2n) is 4.60. The number of hydrogen-bond donors (Lipinski definition) is 1. The van der Waals surface area contributed by atoms with Crippen molar-refractivity contribution in [1.29, 1.82) is 0 Å². The highest BCUT2D eigenvalue weighted by atomic mass is 35.5. The summed E-state index contributed by atoms with van der Waals surface area (Å²) in [5.41, 5.74) is 2.73. The number of carbonyl (C=O) groups excluding carboxylic acids is 1. The predicted octanol–water partition coefficient (Wildman–Crippen LogP) is 3.71. The molecule has 1 heterocycles. The number of nitrogens with one attached hydrogen (secondary N) is 1. The van der Waals surface area contributed by atoms with Crippen LogP contribution in [0, 0.1) is 6.92 Å². The van der Waals surface area contributed by atoms with Crippen LogP contribution in [0.15, 0.2) is 42.7 Å². The molecule has 104 valence electrons. The van der Waals surface area contributed by atoms with Crippen LogP contribution >= 0.6 is 11.6 Å². The molecule has 0 aliphatic rings. The van der Waals surface area contributed by atoms with Gasteiger partial charge >= 0.3 is 6.03 Å². The van der Waals surface area contributed by atoms with Gasteiger partial charge in [-0.2, -0.15) is 0 Å². The maximum atomic E-state index is 12.1. The smallest absolute Gasteiger partial charge is 0.321 e. The average molecular weight is 290 g/mol. The topological polar surface area (TPSA) is 45.2 Å². The summed E-state index contributed by atoms with van der Waals surface area (Å²) >= 11 is 5.94. The van der Waals surface area contributed by atoms with E-state index >= 15 is 0 Å². The molecule has 0 unspecified atom stereocenters. The van der Waals surface area contributed by atoms with Crippen LogP contribution in [0.5, 0.6) is 0 Å². The van der Waals surface area contributed by atoms with E-state index in [2.05, 4.69) is 10.3 Å². The normalized spacial score (nSPS) is 10.2. The molecule has 0 fully saturated rings. The Bertz CT molecular complexity index is 601. The number of pyridine rings is 1. The van der Waals surface area contributed by atoms with Crippen LogP contribution in [-0.2, 0) is 6.54 Å². The van der Waals surface area contributed by atoms with Crippen molar-refractivity contribution >= 4 is 23.3 Å². The largest absolute Gasteiger partial charge is 0.323 e. The van der Waals surface area contributed by atoms with Crippen LogP contribution in [0.25, 0.3) is 0 Å². The number of aromatic nitrogens is 1. The van der Waals surface area contributed by atoms with E-state index in [1.54, 1.807) is 36.5 Å². The molecule has 0 radical (unpaired) electrons. The van der Waals surface area contributed by atoms with E-state index < -0.39 is 0 Å². The second-order valence-corrected chi connectivity index (χ2v) is 5.04. The highest BCUT2D eigenvalue weighted by molar-refractivity contribution is 6.31. The molecule has 2 amide bonds. The van der Waals surface area contributed by atoms with Crippen LogP contribution in [0.2, 0.25) is 5.02 Å². The number of halogens is 1. The molecule has 1 aromatic heterocycles. The van der Waals surface area contributed by atoms with Crippen molar-refractivity contribution < 1.29 is 4.79 Å². The predicted molar refractivity (Wildman–Crippen MR) is 80.9 cm³/mol. The maximum absolute atomic E-state index is 12.1. The van der Waals surface area contributed by atoms with Gasteiger partial charge in [0.15, 0.2) is 0 Å². The van der Waals surface area contributed by atoms with Crippen LogP contribution < -0.4 is 5.32 Å². The summed E-state index contributed by atoms with van der Waals surface area (Å²) in [7, 11) is 1.75. The molecular formula is C15H16ClN3O. The van der Waals surface area contributed by atoms with Crippen LogP contribution in [-0.4, -0.2) is 23.0 Å². The zero-order valence-corrected chi connectivity index (χ0v) is 12.2. The van der Waals surface area contributed by atoms with Crippen LogP contribution in [0.4, 0.5) is 10.5 Å². The lowest BCUT2D eigenvalue weighted by molar-refractivity contribution is 0.220. The molecule has 0 saturated carbocycles. The van der Waals surface area contributed by atoms with Gasteiger partial charge in [0.2, 0.25) is 0 Å². The van der Waals surface area contributed by atoms with Crippen molar-refractivity contribution in [3.05, 3.63) is 58.9 Å². The Hall–Kier alpha value is -2.07. The van der Waals surface area contributed by atoms with Crippen molar-refractivity contribution in [2.45, 2.75) is 13.5 Å². The van der Waals surface area contributed by atoms with E-state index in [1.165, 1.54) is 0 Å². The van der Waals surface area contributed by atoms with Crippen molar-refractivity contribution in [3.8, 4) is 0 Å². The molecular weight excluding hydrogens is 274 g/mol. The van der Waals surface area contributed by atoms with Gasteiger partial charge in [0, 0.05) is 36.7 Å². The molecule has 0 spiro atoms. The number of amides is 2. The van der Waals surface area contributed by atoms with E-state index in [0.717, 1.165) is 16.8 Å². The fourth-order valence-corrected chi connectivity index (χ4v) is 1.95. The van der Waals surface area contributed by atoms with E-state index in [-0.39, 0.29) is 6.03 Å². The van der Waals surface area contributed by atoms with E-state index in [9.17, 15) is 4.79 Å². The number of anilines is 1. The summed E-state index contributed by atoms with van der Waals surface area (Å²) in [6.45, 7) is 2.45. The van der Waals surface area contributed by atoms with E-state index in [4.69, 9.17) is 11.6 Å². The second kappa shape index (κ2) is 6.39. The summed E-state index contributed by atoms with van der Waals surface area (Å²) in [5, 5.41) is 3.46. The number of urea groups is 1. The minimum absolute atomic E-state index is 0.174. The molecule has 0 bridgehead atoms. The molecule has 0 aliphatic carbocycles. The molecule has 1 N–H and O–H groups in total. The van der Waals surface area contributed by atoms with Gasteiger partial charge in [0.25, 0.3) is 0 Å². The van der Waals surface area contributed by atoms with Gasteiger partial charge in [0.1, 0.15) is 0 Å². The minimum Gasteiger partial charge on any atom is -0.323 e. The van der Waals surface area contributed by atoms with Crippen LogP contribution in [0.3, 0.4) is 0 Å². The number of hydrogen-bond acceptors (Lipinski definition) is 2. The van der Waals surface area contributed by atoms with Gasteiger partial charge < -0.3 is 10.2 Å². The van der Waals surface area contributed by atoms with Gasteiger partial charge in [-0.3, -0.25) is 4.98 Å². The molecule has 4 nitrogen and oxygen atoms in total. The Morgan fingerprint density at radius 2 is 2.00 bits per heavy atom. The molecule has 0 saturated heterocycles. The first-order chi connectivity index (χ1) is 9.56. The summed E-state index contributed by atoms with van der Waals surface area (Å²) < 4.78 is 0. The number of benzene rings is 1. The number of aryl methyl sites for hydroxylation is 1. The van der Waals surface area contributed by atoms with Gasteiger partial charge in [-0.05, 0) is 42.3 Å². The Kier molecular flexibility index (Phi) is 4.58. The monoisotopic (exact) mass is 289 g/mol. The zero-order chi connectivity index (χ0) is 14.5. The first-order valence-corrected chi connectivity index (χ1v) is 6.61. The lowest BCUT2D eigenvalue weighted by atomic mass is 10.2. The summed E-state index contributed by atoms with van der Waals surface area (Å²) in [5.74, 6) is 0. The first kappa shape index (κ1) is 14.3. The quantitative estimate of drug-likeness (QED) is 0.936. The highest BCUT2D eigenvalue weighted by Crippen LogP contribution is 2.20. The maximum Gasteiger partial charge on any atom is 0.321 e. The zero-order valence-electron chi connectivity index (χ0n) is 11.4. The summed E-state index contributed by atoms with van der Waals surface area (Å²) in [6.07, 6.45) is 3.42. The van der Waals surface area contributed by atoms with Crippen molar-refractivity contribution in [2.75, 3.05) is 12.4 Å². The van der Waals surface area contributed by atoms with Gasteiger partial charge in [-0.25, -0.2) is 4.79 Å². The van der Waals surface area contributed by atoms with Gasteiger partial charge in [-0.15, -0.1) is 0 Å². The summed E-state index contributed by atoms with van der Waals surface area (Å²) in [6, 6.07) is 9.01. The third kappa shape index (κ3) is 3.71. The number of carbonyl (C=O) groups is 1. The fraction of sp³-hybridized carbons (Fsp3) is 0.200. The van der Waals surface area contributed by atoms with Gasteiger partial charge in [0.05, 0.1) is 0 Å². The molecule has 2 aromatic rings. The highest BCUT2D eigenvalue weighted by Gasteiger charge is 2.10. The van der Waals surface area contributed by atoms with E-state index in [0.29, 0.717) is 11.6 Å². The Balaban J connectivity index is 2.02. The summed E-state index contributed by atoms with van der Waals surface area (Å²) in [4.78, 5) is 17.7. The first-order valence-electron chi connectivity index (χ1n) is 6.23. The minimum atomic E-state index is -0.174. The average Bonchev–Trinajstić information content (AvgIpc) is 2.44. The van der Waals surface area contributed by atoms with Crippen molar-refractivity contribution in [3.63, 3.8) is 0 Å². The molecule has 20 heavy (non-hydrogen) atoms. The SMILES string of the molecule is Cc1ccc(Cl)cc1NC(=O)N(C)Cc1ccncc1. The number of nitrogens with zero attached hydrogens (tertiary/aromatic N) is 2. The number of rotatable bonds is 3. The van der Waals surface area contributed by atoms with Crippen molar-refractivity contribution in [2.24, 2.45) is 0 Å². The molecule has 1 aromatic carbocycles. The Morgan fingerprint density at radius 1 is 1.30 bits per heavy atom. The Labute approximate surface area is 123 Å². The van der Waals surface area contributed by atoms with E-state index in [1.807, 2.05) is 25.1 Å². The van der Waals surface area contributed by atoms with Crippen molar-refractivity contribution in [1.82, 2.24) is 9.88 Å². The third-order valence-electron chi connectivity index (χ3n) is 2.96. The standard InChI is InChI=1S/C15H16ClN3O/c1-11-3-4-13(16)9-14(11)18-15(20)19(2)10-12-5-7-17-8-6-12/h3-9H,10H2,1-2H3,(H,18,20). The molecule has 5 heteroatoms. The third-order valence-corrected chi connectivity index (χ3v) is 3.19. The molecule has 2 rings (SSSR count). The molecule has 0 aliphatic heterocycles. The lowest BCUT2D eigenvalue weighted by Gasteiger charge is -2.19. The lowest BCUT2D eigenvalue weighted by Crippen LogP contribution is -2.31. The van der Waals surface area contributed by atoms with Crippen LogP contribution in [0.1, 0.15) is 11.1 Å². The fourth-order valence-electron chi connectivity index (χ4n) is 1.77. The van der Waals surface area contributed by atoms with Gasteiger partial charge in [-0.1, -0.05) is 17.7 Å². The molecule has 0 atom stereocenters. The Morgan fingerprint density at radius 3 is 2.70 bits per heavy atom.